The quantitative estimate of drug-likeness (QED) is 0.108. The molecule has 0 saturated carbocycles. The molecule has 0 bridgehead atoms. The minimum atomic E-state index is -4.95. The lowest BCUT2D eigenvalue weighted by Gasteiger charge is -2.20. The Labute approximate surface area is 254 Å². The summed E-state index contributed by atoms with van der Waals surface area (Å²) in [6.45, 7) is 2.05. The molecular weight excluding hydrogens is 634 g/mol. The van der Waals surface area contributed by atoms with Crippen molar-refractivity contribution in [1.29, 1.82) is 0 Å². The van der Waals surface area contributed by atoms with Gasteiger partial charge in [0.2, 0.25) is 0 Å². The van der Waals surface area contributed by atoms with Crippen molar-refractivity contribution in [2.75, 3.05) is 0 Å². The average Bonchev–Trinajstić information content (AvgIpc) is 3.36. The number of halogens is 10. The van der Waals surface area contributed by atoms with Crippen LogP contribution in [0.5, 0.6) is 11.5 Å². The van der Waals surface area contributed by atoms with Crippen LogP contribution in [0.2, 0.25) is 0 Å². The lowest BCUT2D eigenvalue weighted by atomic mass is 10.0. The molecular formula is C33H20F10O3. The lowest BCUT2D eigenvalue weighted by molar-refractivity contribution is -0.189. The Kier molecular flexibility index (Phi) is 8.87. The summed E-state index contributed by atoms with van der Waals surface area (Å²) in [5.74, 6) is -12.9. The van der Waals surface area contributed by atoms with Crippen LogP contribution >= 0.6 is 0 Å². The summed E-state index contributed by atoms with van der Waals surface area (Å²) in [4.78, 5) is 12.7. The van der Waals surface area contributed by atoms with Crippen molar-refractivity contribution in [3.63, 3.8) is 0 Å². The molecule has 0 aliphatic heterocycles. The van der Waals surface area contributed by atoms with Crippen LogP contribution in [-0.2, 0) is 19.0 Å². The standard InChI is InChI=1S/C33H20F10O3/c1-2-15-5-16-3-4-17(7-18(16)6-15)32(44)45-20-10-25(36)30(26(37)11-20)19-8-27(38)31(28(39)9-19)33(42,43)46-21-12-23(34)22(14-29(40)41)24(35)13-21/h3-4,7-15H,2,5-6H2,1H3. The molecule has 0 saturated heterocycles. The average molecular weight is 655 g/mol. The Morgan fingerprint density at radius 1 is 0.783 bits per heavy atom. The SMILES string of the molecule is CCC1Cc2ccc(C(=O)Oc3cc(F)c(-c4cc(F)c(C(F)(F)Oc5cc(F)c(C=C(F)F)c(F)c5)c(F)c4)c(F)c3)cc2C1. The molecule has 1 aliphatic rings. The first-order valence-corrected chi connectivity index (χ1v) is 13.6. The van der Waals surface area contributed by atoms with E-state index in [1.165, 1.54) is 6.07 Å². The smallest absolute Gasteiger partial charge is 0.429 e. The zero-order valence-electron chi connectivity index (χ0n) is 23.5. The van der Waals surface area contributed by atoms with Gasteiger partial charge in [0.25, 0.3) is 6.08 Å². The first kappa shape index (κ1) is 32.6. The monoisotopic (exact) mass is 654 g/mol. The molecule has 0 N–H and O–H groups in total. The zero-order chi connectivity index (χ0) is 33.5. The van der Waals surface area contributed by atoms with E-state index in [1.54, 1.807) is 12.1 Å². The van der Waals surface area contributed by atoms with E-state index in [9.17, 15) is 39.9 Å². The van der Waals surface area contributed by atoms with E-state index in [1.807, 2.05) is 0 Å². The third-order valence-corrected chi connectivity index (χ3v) is 7.44. The molecule has 1 aliphatic carbocycles. The molecule has 3 nitrogen and oxygen atoms in total. The summed E-state index contributed by atoms with van der Waals surface area (Å²) in [7, 11) is 0. The first-order valence-electron chi connectivity index (χ1n) is 13.6. The van der Waals surface area contributed by atoms with Crippen molar-refractivity contribution in [2.45, 2.75) is 32.3 Å². The molecule has 0 amide bonds. The molecule has 4 aromatic carbocycles. The van der Waals surface area contributed by atoms with E-state index in [2.05, 4.69) is 11.7 Å². The summed E-state index contributed by atoms with van der Waals surface area (Å²) in [5, 5.41) is 0. The summed E-state index contributed by atoms with van der Waals surface area (Å²) in [6.07, 6.45) is -5.07. The van der Waals surface area contributed by atoms with Gasteiger partial charge in [-0.2, -0.15) is 17.6 Å². The maximum absolute atomic E-state index is 15.0. The van der Waals surface area contributed by atoms with Crippen LogP contribution in [0.1, 0.15) is 46.0 Å². The maximum atomic E-state index is 15.0. The van der Waals surface area contributed by atoms with Gasteiger partial charge in [-0.05, 0) is 59.7 Å². The third-order valence-electron chi connectivity index (χ3n) is 7.44. The second kappa shape index (κ2) is 12.5. The Balaban J connectivity index is 1.38. The van der Waals surface area contributed by atoms with Crippen molar-refractivity contribution in [2.24, 2.45) is 5.92 Å². The molecule has 240 valence electrons. The fourth-order valence-corrected chi connectivity index (χ4v) is 5.24. The van der Waals surface area contributed by atoms with Gasteiger partial charge in [-0.25, -0.2) is 31.1 Å². The molecule has 5 rings (SSSR count). The summed E-state index contributed by atoms with van der Waals surface area (Å²) in [6, 6.07) is 6.54. The number of carbonyl (C=O) groups is 1. The van der Waals surface area contributed by atoms with Gasteiger partial charge in [0.05, 0.1) is 16.7 Å². The minimum absolute atomic E-state index is 0.0845. The molecule has 0 radical (unpaired) electrons. The Bertz CT molecular complexity index is 1810. The van der Waals surface area contributed by atoms with Crippen molar-refractivity contribution < 1.29 is 58.2 Å². The zero-order valence-corrected chi connectivity index (χ0v) is 23.5. The van der Waals surface area contributed by atoms with Gasteiger partial charge in [0.1, 0.15) is 52.0 Å². The van der Waals surface area contributed by atoms with E-state index in [0.29, 0.717) is 18.1 Å². The van der Waals surface area contributed by atoms with Crippen LogP contribution in [0.25, 0.3) is 17.2 Å². The van der Waals surface area contributed by atoms with Crippen LogP contribution < -0.4 is 9.47 Å². The van der Waals surface area contributed by atoms with Crippen molar-refractivity contribution >= 4 is 12.0 Å². The number of carbonyl (C=O) groups excluding carboxylic acids is 1. The lowest BCUT2D eigenvalue weighted by Crippen LogP contribution is -2.25. The molecule has 0 spiro atoms. The topological polar surface area (TPSA) is 35.5 Å². The van der Waals surface area contributed by atoms with Crippen LogP contribution in [0.4, 0.5) is 43.9 Å². The second-order valence-corrected chi connectivity index (χ2v) is 10.5. The van der Waals surface area contributed by atoms with Crippen LogP contribution in [0.3, 0.4) is 0 Å². The number of ether oxygens (including phenoxy) is 2. The van der Waals surface area contributed by atoms with Gasteiger partial charge in [0, 0.05) is 30.3 Å². The van der Waals surface area contributed by atoms with Crippen molar-refractivity contribution in [1.82, 2.24) is 0 Å². The number of rotatable bonds is 8. The molecule has 4 aromatic rings. The van der Waals surface area contributed by atoms with Crippen LogP contribution in [0, 0.1) is 40.8 Å². The predicted octanol–water partition coefficient (Wildman–Crippen LogP) is 9.90. The predicted molar refractivity (Wildman–Crippen MR) is 145 cm³/mol. The van der Waals surface area contributed by atoms with E-state index in [4.69, 9.17) is 4.74 Å². The summed E-state index contributed by atoms with van der Waals surface area (Å²) < 4.78 is 151. The van der Waals surface area contributed by atoms with Crippen molar-refractivity contribution in [3.05, 3.63) is 123 Å². The number of esters is 1. The maximum Gasteiger partial charge on any atom is 0.432 e. The highest BCUT2D eigenvalue weighted by Gasteiger charge is 2.42. The molecule has 1 atom stereocenters. The molecule has 1 unspecified atom stereocenters. The fraction of sp³-hybridized carbons (Fsp3) is 0.182. The normalized spacial score (nSPS) is 14.2. The third kappa shape index (κ3) is 6.58. The van der Waals surface area contributed by atoms with Crippen LogP contribution in [0.15, 0.2) is 60.7 Å². The Morgan fingerprint density at radius 3 is 1.91 bits per heavy atom. The molecule has 13 heteroatoms. The van der Waals surface area contributed by atoms with Gasteiger partial charge in [-0.15, -0.1) is 0 Å². The number of hydrogen-bond donors (Lipinski definition) is 0. The number of alkyl halides is 2. The summed E-state index contributed by atoms with van der Waals surface area (Å²) >= 11 is 0. The number of benzene rings is 4. The van der Waals surface area contributed by atoms with Gasteiger partial charge in [-0.1, -0.05) is 19.4 Å². The number of fused-ring (bicyclic) bond motifs is 1. The molecule has 0 heterocycles. The van der Waals surface area contributed by atoms with E-state index < -0.39 is 86.8 Å². The Hall–Kier alpha value is -4.81. The van der Waals surface area contributed by atoms with Gasteiger partial charge in [0.15, 0.2) is 0 Å². The minimum Gasteiger partial charge on any atom is -0.429 e. The molecule has 0 aromatic heterocycles. The van der Waals surface area contributed by atoms with Gasteiger partial charge < -0.3 is 9.47 Å². The second-order valence-electron chi connectivity index (χ2n) is 10.5. The Morgan fingerprint density at radius 2 is 1.35 bits per heavy atom. The fourth-order valence-electron chi connectivity index (χ4n) is 5.24. The first-order chi connectivity index (χ1) is 21.7. The number of hydrogen-bond acceptors (Lipinski definition) is 3. The largest absolute Gasteiger partial charge is 0.432 e. The van der Waals surface area contributed by atoms with E-state index in [-0.39, 0.29) is 35.9 Å². The van der Waals surface area contributed by atoms with Crippen LogP contribution in [-0.4, -0.2) is 5.97 Å². The van der Waals surface area contributed by atoms with E-state index >= 15 is 8.78 Å². The van der Waals surface area contributed by atoms with Gasteiger partial charge in [-0.3, -0.25) is 0 Å². The van der Waals surface area contributed by atoms with E-state index in [0.717, 1.165) is 30.4 Å². The molecule has 0 fully saturated rings. The highest BCUT2D eigenvalue weighted by molar-refractivity contribution is 5.91. The summed E-state index contributed by atoms with van der Waals surface area (Å²) in [5.41, 5.74) is -3.11. The highest BCUT2D eigenvalue weighted by atomic mass is 19.3. The van der Waals surface area contributed by atoms with Gasteiger partial charge >= 0.3 is 12.1 Å². The molecule has 46 heavy (non-hydrogen) atoms. The van der Waals surface area contributed by atoms with Crippen molar-refractivity contribution in [3.8, 4) is 22.6 Å². The highest BCUT2D eigenvalue weighted by Crippen LogP contribution is 2.39.